The Balaban J connectivity index is 2.72. The Morgan fingerprint density at radius 2 is 2.28 bits per heavy atom. The van der Waals surface area contributed by atoms with E-state index in [9.17, 15) is 0 Å². The van der Waals surface area contributed by atoms with Gasteiger partial charge in [0.05, 0.1) is 0 Å². The van der Waals surface area contributed by atoms with Crippen LogP contribution in [0.25, 0.3) is 0 Å². The summed E-state index contributed by atoms with van der Waals surface area (Å²) in [6.07, 6.45) is 5.67. The van der Waals surface area contributed by atoms with Crippen molar-refractivity contribution in [2.75, 3.05) is 13.1 Å². The van der Waals surface area contributed by atoms with E-state index in [1.165, 1.54) is 0 Å². The fourth-order valence-electron chi connectivity index (χ4n) is 1.95. The predicted molar refractivity (Wildman–Crippen MR) is 75.6 cm³/mol. The fourth-order valence-corrected chi connectivity index (χ4v) is 1.95. The average molecular weight is 250 g/mol. The second-order valence-corrected chi connectivity index (χ2v) is 5.43. The Hall–Kier alpha value is -1.16. The molecule has 102 valence electrons. The Morgan fingerprint density at radius 1 is 1.56 bits per heavy atom. The van der Waals surface area contributed by atoms with Gasteiger partial charge in [-0.15, -0.1) is 6.58 Å². The number of rotatable bonds is 8. The van der Waals surface area contributed by atoms with Crippen LogP contribution in [0.15, 0.2) is 19.0 Å². The third-order valence-electron chi connectivity index (χ3n) is 3.15. The van der Waals surface area contributed by atoms with Crippen molar-refractivity contribution in [2.45, 2.75) is 46.6 Å². The Kier molecular flexibility index (Phi) is 5.54. The van der Waals surface area contributed by atoms with Gasteiger partial charge < -0.3 is 5.32 Å². The summed E-state index contributed by atoms with van der Waals surface area (Å²) < 4.78 is 1.99. The van der Waals surface area contributed by atoms with Crippen molar-refractivity contribution in [3.8, 4) is 0 Å². The summed E-state index contributed by atoms with van der Waals surface area (Å²) >= 11 is 0. The van der Waals surface area contributed by atoms with Crippen molar-refractivity contribution in [3.05, 3.63) is 24.8 Å². The number of aromatic nitrogens is 3. The molecule has 0 spiro atoms. The third-order valence-corrected chi connectivity index (χ3v) is 3.15. The summed E-state index contributed by atoms with van der Waals surface area (Å²) in [5.74, 6) is 1.03. The molecule has 0 amide bonds. The SMILES string of the molecule is C=CC(C)(CNCCC)Cc1ncnn1C(C)C. The highest BCUT2D eigenvalue weighted by atomic mass is 15.3. The minimum Gasteiger partial charge on any atom is -0.316 e. The molecule has 1 aromatic rings. The topological polar surface area (TPSA) is 42.7 Å². The van der Waals surface area contributed by atoms with Gasteiger partial charge in [-0.05, 0) is 26.8 Å². The van der Waals surface area contributed by atoms with Crippen LogP contribution in [-0.4, -0.2) is 27.9 Å². The van der Waals surface area contributed by atoms with Gasteiger partial charge in [0, 0.05) is 24.4 Å². The first-order valence-electron chi connectivity index (χ1n) is 6.75. The molecule has 1 heterocycles. The van der Waals surface area contributed by atoms with Crippen molar-refractivity contribution in [2.24, 2.45) is 5.41 Å². The standard InChI is InChI=1S/C14H26N4/c1-6-8-15-10-14(5,7-2)9-13-16-11-17-18(13)12(3)4/h7,11-12,15H,2,6,8-10H2,1,3-5H3. The molecule has 18 heavy (non-hydrogen) atoms. The first kappa shape index (κ1) is 14.9. The van der Waals surface area contributed by atoms with Crippen molar-refractivity contribution >= 4 is 0 Å². The van der Waals surface area contributed by atoms with E-state index in [1.807, 2.05) is 10.8 Å². The number of hydrogen-bond acceptors (Lipinski definition) is 3. The molecule has 1 unspecified atom stereocenters. The van der Waals surface area contributed by atoms with Gasteiger partial charge in [0.15, 0.2) is 0 Å². The monoisotopic (exact) mass is 250 g/mol. The molecular formula is C14H26N4. The molecular weight excluding hydrogens is 224 g/mol. The quantitative estimate of drug-likeness (QED) is 0.569. The van der Waals surface area contributed by atoms with Crippen LogP contribution in [0.4, 0.5) is 0 Å². The maximum Gasteiger partial charge on any atom is 0.138 e. The largest absolute Gasteiger partial charge is 0.316 e. The molecule has 0 bridgehead atoms. The van der Waals surface area contributed by atoms with Gasteiger partial charge in [0.2, 0.25) is 0 Å². The van der Waals surface area contributed by atoms with Crippen LogP contribution >= 0.6 is 0 Å². The van der Waals surface area contributed by atoms with Gasteiger partial charge >= 0.3 is 0 Å². The molecule has 0 aliphatic rings. The van der Waals surface area contributed by atoms with E-state index in [4.69, 9.17) is 0 Å². The zero-order valence-corrected chi connectivity index (χ0v) is 12.1. The predicted octanol–water partition coefficient (Wildman–Crippen LogP) is 2.59. The molecule has 0 aliphatic carbocycles. The molecule has 0 aliphatic heterocycles. The van der Waals surface area contributed by atoms with Gasteiger partial charge in [0.1, 0.15) is 12.2 Å². The van der Waals surface area contributed by atoms with Gasteiger partial charge in [-0.1, -0.05) is 19.9 Å². The van der Waals surface area contributed by atoms with E-state index in [0.29, 0.717) is 6.04 Å². The maximum atomic E-state index is 4.37. The minimum atomic E-state index is 0.0227. The molecule has 0 fully saturated rings. The lowest BCUT2D eigenvalue weighted by molar-refractivity contribution is 0.366. The van der Waals surface area contributed by atoms with Crippen LogP contribution in [0.3, 0.4) is 0 Å². The van der Waals surface area contributed by atoms with Crippen LogP contribution in [0.2, 0.25) is 0 Å². The van der Waals surface area contributed by atoms with Crippen LogP contribution in [-0.2, 0) is 6.42 Å². The van der Waals surface area contributed by atoms with E-state index in [-0.39, 0.29) is 5.41 Å². The molecule has 4 nitrogen and oxygen atoms in total. The molecule has 1 N–H and O–H groups in total. The number of nitrogens with zero attached hydrogens (tertiary/aromatic N) is 3. The van der Waals surface area contributed by atoms with E-state index < -0.39 is 0 Å². The lowest BCUT2D eigenvalue weighted by atomic mass is 9.86. The van der Waals surface area contributed by atoms with Gasteiger partial charge in [-0.3, -0.25) is 0 Å². The first-order chi connectivity index (χ1) is 8.52. The van der Waals surface area contributed by atoms with Gasteiger partial charge in [-0.25, -0.2) is 9.67 Å². The summed E-state index contributed by atoms with van der Waals surface area (Å²) in [6, 6.07) is 0.347. The highest BCUT2D eigenvalue weighted by Gasteiger charge is 2.23. The zero-order chi connectivity index (χ0) is 13.6. The molecule has 1 rings (SSSR count). The summed E-state index contributed by atoms with van der Waals surface area (Å²) in [5.41, 5.74) is 0.0227. The van der Waals surface area contributed by atoms with Crippen molar-refractivity contribution in [1.29, 1.82) is 0 Å². The molecule has 0 radical (unpaired) electrons. The highest BCUT2D eigenvalue weighted by molar-refractivity contribution is 5.02. The Bertz CT molecular complexity index is 370. The van der Waals surface area contributed by atoms with Crippen LogP contribution in [0.1, 0.15) is 46.0 Å². The molecule has 0 saturated heterocycles. The molecule has 1 atom stereocenters. The second kappa shape index (κ2) is 6.69. The Labute approximate surface area is 110 Å². The lowest BCUT2D eigenvalue weighted by Gasteiger charge is -2.26. The summed E-state index contributed by atoms with van der Waals surface area (Å²) in [4.78, 5) is 4.37. The van der Waals surface area contributed by atoms with Crippen LogP contribution in [0, 0.1) is 5.41 Å². The lowest BCUT2D eigenvalue weighted by Crippen LogP contribution is -2.33. The number of hydrogen-bond donors (Lipinski definition) is 1. The summed E-state index contributed by atoms with van der Waals surface area (Å²) in [6.45, 7) is 14.6. The molecule has 0 saturated carbocycles. The zero-order valence-electron chi connectivity index (χ0n) is 12.1. The summed E-state index contributed by atoms with van der Waals surface area (Å²) in [7, 11) is 0. The molecule has 1 aromatic heterocycles. The van der Waals surface area contributed by atoms with Crippen molar-refractivity contribution in [3.63, 3.8) is 0 Å². The normalized spacial score (nSPS) is 14.7. The average Bonchev–Trinajstić information content (AvgIpc) is 2.77. The van der Waals surface area contributed by atoms with E-state index >= 15 is 0 Å². The highest BCUT2D eigenvalue weighted by Crippen LogP contribution is 2.23. The maximum absolute atomic E-state index is 4.37. The summed E-state index contributed by atoms with van der Waals surface area (Å²) in [5, 5.41) is 7.74. The molecule has 4 heteroatoms. The van der Waals surface area contributed by atoms with Gasteiger partial charge in [0.25, 0.3) is 0 Å². The van der Waals surface area contributed by atoms with Gasteiger partial charge in [-0.2, -0.15) is 5.10 Å². The van der Waals surface area contributed by atoms with Crippen molar-refractivity contribution in [1.82, 2.24) is 20.1 Å². The van der Waals surface area contributed by atoms with Crippen LogP contribution in [0.5, 0.6) is 0 Å². The second-order valence-electron chi connectivity index (χ2n) is 5.43. The smallest absolute Gasteiger partial charge is 0.138 e. The van der Waals surface area contributed by atoms with Crippen LogP contribution < -0.4 is 5.32 Å². The Morgan fingerprint density at radius 3 is 2.83 bits per heavy atom. The first-order valence-corrected chi connectivity index (χ1v) is 6.75. The van der Waals surface area contributed by atoms with E-state index in [0.717, 1.165) is 31.8 Å². The number of nitrogens with one attached hydrogen (secondary N) is 1. The third kappa shape index (κ3) is 3.95. The molecule has 0 aromatic carbocycles. The minimum absolute atomic E-state index is 0.0227. The van der Waals surface area contributed by atoms with Crippen molar-refractivity contribution < 1.29 is 0 Å². The van der Waals surface area contributed by atoms with E-state index in [1.54, 1.807) is 6.33 Å². The fraction of sp³-hybridized carbons (Fsp3) is 0.714. The van der Waals surface area contributed by atoms with E-state index in [2.05, 4.69) is 49.7 Å².